The maximum Gasteiger partial charge on any atom is 0.0971 e. The lowest BCUT2D eigenvalue weighted by Gasteiger charge is -2.41. The topological polar surface area (TPSA) is 21.3 Å². The van der Waals surface area contributed by atoms with Crippen molar-refractivity contribution >= 4 is 0 Å². The lowest BCUT2D eigenvalue weighted by molar-refractivity contribution is -0.0819. The van der Waals surface area contributed by atoms with Crippen molar-refractivity contribution in [3.05, 3.63) is 0 Å². The molecule has 1 N–H and O–H groups in total. The molecule has 0 radical (unpaired) electrons. The molecule has 0 aromatic rings. The molecule has 0 amide bonds. The maximum absolute atomic E-state index is 5.23. The predicted molar refractivity (Wildman–Crippen MR) is 25.9 cm³/mol. The lowest BCUT2D eigenvalue weighted by atomic mass is 9.88. The molecule has 2 saturated heterocycles. The summed E-state index contributed by atoms with van der Waals surface area (Å²) < 4.78 is 5.23. The van der Waals surface area contributed by atoms with Gasteiger partial charge in [-0.25, -0.2) is 0 Å². The summed E-state index contributed by atoms with van der Waals surface area (Å²) in [6, 6.07) is 0.804. The van der Waals surface area contributed by atoms with Crippen LogP contribution in [0.5, 0.6) is 0 Å². The van der Waals surface area contributed by atoms with Crippen LogP contribution in [0.3, 0.4) is 0 Å². The molecule has 2 heterocycles. The molecule has 3 aliphatic rings. The van der Waals surface area contributed by atoms with Gasteiger partial charge < -0.3 is 4.74 Å². The first-order valence-corrected chi connectivity index (χ1v) is 2.80. The largest absolute Gasteiger partial charge is 0.363 e. The Morgan fingerprint density at radius 2 is 2.29 bits per heavy atom. The molecule has 2 aliphatic heterocycles. The number of ether oxygens (including phenoxy) is 1. The quantitative estimate of drug-likeness (QED) is 0.465. The Bertz CT molecular complexity index is 64.6. The minimum absolute atomic E-state index is 0.617. The zero-order chi connectivity index (χ0) is 4.69. The molecule has 0 spiro atoms. The highest BCUT2D eigenvalue weighted by atomic mass is 16.5. The van der Waals surface area contributed by atoms with Gasteiger partial charge in [-0.15, -0.1) is 0 Å². The number of fused-ring (bicyclic) bond motifs is 2. The Kier molecular flexibility index (Phi) is 0.664. The molecule has 3 fully saturated rings. The fraction of sp³-hybridized carbons (Fsp3) is 1.00. The Morgan fingerprint density at radius 3 is 2.43 bits per heavy atom. The maximum atomic E-state index is 5.23. The summed E-state index contributed by atoms with van der Waals surface area (Å²) in [4.78, 5) is 0. The highest BCUT2D eigenvalue weighted by Crippen LogP contribution is 2.26. The van der Waals surface area contributed by atoms with Crippen LogP contribution >= 0.6 is 0 Å². The average molecular weight is 99.1 g/mol. The van der Waals surface area contributed by atoms with Gasteiger partial charge in [-0.1, -0.05) is 0 Å². The fourth-order valence-corrected chi connectivity index (χ4v) is 1.15. The monoisotopic (exact) mass is 99.1 g/mol. The van der Waals surface area contributed by atoms with E-state index in [1.165, 1.54) is 12.8 Å². The van der Waals surface area contributed by atoms with Gasteiger partial charge in [0.1, 0.15) is 0 Å². The minimum Gasteiger partial charge on any atom is -0.363 e. The molecular formula is C5H9NO. The van der Waals surface area contributed by atoms with E-state index in [1.807, 2.05) is 0 Å². The second-order valence-corrected chi connectivity index (χ2v) is 2.31. The van der Waals surface area contributed by atoms with E-state index in [2.05, 4.69) is 5.32 Å². The van der Waals surface area contributed by atoms with E-state index in [1.54, 1.807) is 0 Å². The third-order valence-electron chi connectivity index (χ3n) is 1.79. The molecule has 2 bridgehead atoms. The zero-order valence-electron chi connectivity index (χ0n) is 4.18. The van der Waals surface area contributed by atoms with Crippen LogP contribution in [0.15, 0.2) is 0 Å². The van der Waals surface area contributed by atoms with Gasteiger partial charge in [-0.05, 0) is 12.8 Å². The van der Waals surface area contributed by atoms with E-state index in [-0.39, 0.29) is 0 Å². The minimum atomic E-state index is 0.617. The molecule has 2 heteroatoms. The van der Waals surface area contributed by atoms with Crippen LogP contribution in [-0.2, 0) is 4.74 Å². The van der Waals surface area contributed by atoms with Gasteiger partial charge in [0.15, 0.2) is 0 Å². The lowest BCUT2D eigenvalue weighted by Crippen LogP contribution is -2.52. The summed E-state index contributed by atoms with van der Waals surface area (Å²) in [5.74, 6) is 0. The van der Waals surface area contributed by atoms with E-state index < -0.39 is 0 Å². The molecule has 3 rings (SSSR count). The van der Waals surface area contributed by atoms with E-state index in [4.69, 9.17) is 4.74 Å². The fourth-order valence-electron chi connectivity index (χ4n) is 1.15. The van der Waals surface area contributed by atoms with Gasteiger partial charge >= 0.3 is 0 Å². The SMILES string of the molecule is C1NC2CC(C2)O1. The van der Waals surface area contributed by atoms with Crippen molar-refractivity contribution in [1.82, 2.24) is 5.32 Å². The first-order chi connectivity index (χ1) is 3.45. The highest BCUT2D eigenvalue weighted by molar-refractivity contribution is 4.88. The normalized spacial score (nSPS) is 48.0. The number of hydrogen-bond donors (Lipinski definition) is 1. The van der Waals surface area contributed by atoms with Gasteiger partial charge in [-0.3, -0.25) is 5.32 Å². The number of rotatable bonds is 0. The van der Waals surface area contributed by atoms with Crippen molar-refractivity contribution in [3.63, 3.8) is 0 Å². The third kappa shape index (κ3) is 0.469. The summed E-state index contributed by atoms with van der Waals surface area (Å²) in [6.07, 6.45) is 3.12. The van der Waals surface area contributed by atoms with Crippen LogP contribution in [0, 0.1) is 0 Å². The summed E-state index contributed by atoms with van der Waals surface area (Å²) in [5.41, 5.74) is 0. The number of hydrogen-bond acceptors (Lipinski definition) is 2. The van der Waals surface area contributed by atoms with E-state index in [0.717, 1.165) is 12.8 Å². The molecule has 0 atom stereocenters. The summed E-state index contributed by atoms with van der Waals surface area (Å²) >= 11 is 0. The Balaban J connectivity index is 1.99. The van der Waals surface area contributed by atoms with Crippen molar-refractivity contribution in [2.24, 2.45) is 0 Å². The second kappa shape index (κ2) is 1.20. The Morgan fingerprint density at radius 1 is 1.43 bits per heavy atom. The van der Waals surface area contributed by atoms with Crippen molar-refractivity contribution < 1.29 is 4.74 Å². The van der Waals surface area contributed by atoms with Crippen molar-refractivity contribution in [3.8, 4) is 0 Å². The average Bonchev–Trinajstić information content (AvgIpc) is 1.67. The first-order valence-electron chi connectivity index (χ1n) is 2.80. The van der Waals surface area contributed by atoms with Crippen LogP contribution < -0.4 is 5.32 Å². The van der Waals surface area contributed by atoms with Gasteiger partial charge in [0.2, 0.25) is 0 Å². The third-order valence-corrected chi connectivity index (χ3v) is 1.79. The molecule has 1 saturated carbocycles. The van der Waals surface area contributed by atoms with Crippen LogP contribution in [0.2, 0.25) is 0 Å². The predicted octanol–water partition coefficient (Wildman–Crippen LogP) is 0.0947. The van der Waals surface area contributed by atoms with Crippen LogP contribution in [0.25, 0.3) is 0 Å². The molecule has 0 aromatic heterocycles. The van der Waals surface area contributed by atoms with E-state index in [0.29, 0.717) is 6.10 Å². The zero-order valence-corrected chi connectivity index (χ0v) is 4.18. The molecule has 2 nitrogen and oxygen atoms in total. The summed E-state index contributed by atoms with van der Waals surface area (Å²) in [5, 5.41) is 3.23. The van der Waals surface area contributed by atoms with Crippen LogP contribution in [-0.4, -0.2) is 18.9 Å². The van der Waals surface area contributed by atoms with Gasteiger partial charge in [0, 0.05) is 6.04 Å². The second-order valence-electron chi connectivity index (χ2n) is 2.31. The highest BCUT2D eigenvalue weighted by Gasteiger charge is 2.33. The van der Waals surface area contributed by atoms with E-state index >= 15 is 0 Å². The molecule has 0 unspecified atom stereocenters. The Labute approximate surface area is 42.9 Å². The van der Waals surface area contributed by atoms with Crippen molar-refractivity contribution in [2.45, 2.75) is 25.0 Å². The number of nitrogens with one attached hydrogen (secondary N) is 1. The molecule has 7 heavy (non-hydrogen) atoms. The van der Waals surface area contributed by atoms with Crippen LogP contribution in [0.1, 0.15) is 12.8 Å². The smallest absolute Gasteiger partial charge is 0.0971 e. The molecule has 1 aliphatic carbocycles. The molecular weight excluding hydrogens is 90.1 g/mol. The van der Waals surface area contributed by atoms with Gasteiger partial charge in [-0.2, -0.15) is 0 Å². The van der Waals surface area contributed by atoms with Crippen molar-refractivity contribution in [1.29, 1.82) is 0 Å². The van der Waals surface area contributed by atoms with Gasteiger partial charge in [0.05, 0.1) is 12.8 Å². The summed E-state index contributed by atoms with van der Waals surface area (Å²) in [7, 11) is 0. The van der Waals surface area contributed by atoms with Gasteiger partial charge in [0.25, 0.3) is 0 Å². The molecule has 0 aromatic carbocycles. The van der Waals surface area contributed by atoms with Crippen molar-refractivity contribution in [2.75, 3.05) is 6.73 Å². The van der Waals surface area contributed by atoms with Crippen LogP contribution in [0.4, 0.5) is 0 Å². The molecule has 40 valence electrons. The van der Waals surface area contributed by atoms with E-state index in [9.17, 15) is 0 Å². The Hall–Kier alpha value is -0.0800. The first kappa shape index (κ1) is 3.87. The standard InChI is InChI=1S/C5H9NO/c1-4-2-5(1)7-3-6-4/h4-6H,1-3H2. The summed E-state index contributed by atoms with van der Waals surface area (Å²) in [6.45, 7) is 0.787.